The number of aromatic nitrogens is 1. The van der Waals surface area contributed by atoms with Crippen LogP contribution in [0.25, 0.3) is 10.6 Å². The summed E-state index contributed by atoms with van der Waals surface area (Å²) in [7, 11) is 0. The number of carbonyl (C=O) groups excluding carboxylic acids is 2. The Kier molecular flexibility index (Phi) is 5.41. The molecule has 0 radical (unpaired) electrons. The van der Waals surface area contributed by atoms with Crippen LogP contribution in [0.5, 0.6) is 0 Å². The first-order chi connectivity index (χ1) is 11.7. The fraction of sp³-hybridized carbons (Fsp3) is 0.421. The lowest BCUT2D eigenvalue weighted by atomic mass is 10.00. The van der Waals surface area contributed by atoms with Gasteiger partial charge in [-0.2, -0.15) is 0 Å². The predicted octanol–water partition coefficient (Wildman–Crippen LogP) is 3.96. The van der Waals surface area contributed by atoms with Crippen LogP contribution in [-0.2, 0) is 11.2 Å². The Hall–Kier alpha value is -2.01. The molecule has 1 aromatic carbocycles. The maximum atomic E-state index is 12.8. The third-order valence-corrected chi connectivity index (χ3v) is 5.51. The second-order valence-electron chi connectivity index (χ2n) is 6.12. The Labute approximate surface area is 146 Å². The van der Waals surface area contributed by atoms with Crippen molar-refractivity contribution in [2.45, 2.75) is 45.1 Å². The third-order valence-electron chi connectivity index (χ3n) is 4.63. The van der Waals surface area contributed by atoms with Crippen LogP contribution in [-0.4, -0.2) is 34.7 Å². The van der Waals surface area contributed by atoms with Crippen molar-refractivity contribution in [3.05, 3.63) is 40.9 Å². The summed E-state index contributed by atoms with van der Waals surface area (Å²) in [6.07, 6.45) is 5.61. The molecular formula is C19H22N2O2S. The van der Waals surface area contributed by atoms with Crippen LogP contribution in [0.2, 0.25) is 0 Å². The van der Waals surface area contributed by atoms with Crippen molar-refractivity contribution >= 4 is 23.5 Å². The standard InChI is InChI=1S/C19H22N2O2S/c1-2-15-8-5-6-11-21(15)19(23)17-13-24-18(20-17)16-9-4-3-7-14(16)10-12-22/h3-4,7,9,12-13,15H,2,5-6,8,10-11H2,1H3. The lowest BCUT2D eigenvalue weighted by Gasteiger charge is -2.34. The zero-order valence-electron chi connectivity index (χ0n) is 13.9. The molecule has 0 aliphatic carbocycles. The number of nitrogens with zero attached hydrogens (tertiary/aromatic N) is 2. The van der Waals surface area contributed by atoms with E-state index in [0.717, 1.165) is 48.2 Å². The highest BCUT2D eigenvalue weighted by Crippen LogP contribution is 2.29. The fourth-order valence-corrected chi connectivity index (χ4v) is 4.19. The molecule has 1 atom stereocenters. The van der Waals surface area contributed by atoms with Gasteiger partial charge in [0.2, 0.25) is 0 Å². The molecule has 2 aromatic rings. The number of piperidine rings is 1. The van der Waals surface area contributed by atoms with Gasteiger partial charge in [-0.05, 0) is 31.2 Å². The van der Waals surface area contributed by atoms with Crippen LogP contribution in [0.1, 0.15) is 48.7 Å². The zero-order chi connectivity index (χ0) is 16.9. The number of likely N-dealkylation sites (tertiary alicyclic amines) is 1. The van der Waals surface area contributed by atoms with E-state index in [0.29, 0.717) is 18.2 Å². The van der Waals surface area contributed by atoms with E-state index in [4.69, 9.17) is 0 Å². The second kappa shape index (κ2) is 7.71. The molecular weight excluding hydrogens is 320 g/mol. The number of hydrogen-bond donors (Lipinski definition) is 0. The first-order valence-electron chi connectivity index (χ1n) is 8.53. The summed E-state index contributed by atoms with van der Waals surface area (Å²) in [5.74, 6) is 0.0388. The zero-order valence-corrected chi connectivity index (χ0v) is 14.7. The van der Waals surface area contributed by atoms with Gasteiger partial charge in [0.1, 0.15) is 17.0 Å². The minimum absolute atomic E-state index is 0.0388. The maximum Gasteiger partial charge on any atom is 0.273 e. The van der Waals surface area contributed by atoms with Crippen LogP contribution in [0, 0.1) is 0 Å². The van der Waals surface area contributed by atoms with Gasteiger partial charge < -0.3 is 9.69 Å². The smallest absolute Gasteiger partial charge is 0.273 e. The number of benzene rings is 1. The first-order valence-corrected chi connectivity index (χ1v) is 9.41. The van der Waals surface area contributed by atoms with Crippen LogP contribution in [0.15, 0.2) is 29.6 Å². The monoisotopic (exact) mass is 342 g/mol. The lowest BCUT2D eigenvalue weighted by Crippen LogP contribution is -2.43. The van der Waals surface area contributed by atoms with Crippen molar-refractivity contribution < 1.29 is 9.59 Å². The van der Waals surface area contributed by atoms with E-state index >= 15 is 0 Å². The summed E-state index contributed by atoms with van der Waals surface area (Å²) in [6.45, 7) is 2.96. The van der Waals surface area contributed by atoms with Crippen molar-refractivity contribution in [2.75, 3.05) is 6.54 Å². The van der Waals surface area contributed by atoms with E-state index in [1.165, 1.54) is 17.8 Å². The molecule has 0 spiro atoms. The molecule has 1 saturated heterocycles. The normalized spacial score (nSPS) is 17.7. The Morgan fingerprint density at radius 1 is 1.38 bits per heavy atom. The van der Waals surface area contributed by atoms with Gasteiger partial charge in [-0.3, -0.25) is 4.79 Å². The number of amides is 1. The molecule has 1 aliphatic heterocycles. The largest absolute Gasteiger partial charge is 0.334 e. The van der Waals surface area contributed by atoms with E-state index in [2.05, 4.69) is 11.9 Å². The fourth-order valence-electron chi connectivity index (χ4n) is 3.33. The number of thiazole rings is 1. The minimum atomic E-state index is 0.0388. The average Bonchev–Trinajstić information content (AvgIpc) is 3.12. The van der Waals surface area contributed by atoms with Crippen LogP contribution in [0.4, 0.5) is 0 Å². The van der Waals surface area contributed by atoms with Gasteiger partial charge in [-0.1, -0.05) is 31.2 Å². The summed E-state index contributed by atoms with van der Waals surface area (Å²) in [4.78, 5) is 30.3. The molecule has 5 heteroatoms. The predicted molar refractivity (Wildman–Crippen MR) is 96.3 cm³/mol. The van der Waals surface area contributed by atoms with Crippen molar-refractivity contribution in [1.29, 1.82) is 0 Å². The van der Waals surface area contributed by atoms with Crippen LogP contribution in [0.3, 0.4) is 0 Å². The molecule has 2 heterocycles. The molecule has 1 amide bonds. The van der Waals surface area contributed by atoms with Gasteiger partial charge in [0.15, 0.2) is 0 Å². The Morgan fingerprint density at radius 2 is 2.21 bits per heavy atom. The quantitative estimate of drug-likeness (QED) is 0.773. The molecule has 3 rings (SSSR count). The van der Waals surface area contributed by atoms with E-state index in [1.807, 2.05) is 34.5 Å². The molecule has 1 aromatic heterocycles. The maximum absolute atomic E-state index is 12.8. The number of aldehydes is 1. The topological polar surface area (TPSA) is 50.3 Å². The average molecular weight is 342 g/mol. The number of hydrogen-bond acceptors (Lipinski definition) is 4. The second-order valence-corrected chi connectivity index (χ2v) is 6.98. The molecule has 0 bridgehead atoms. The number of rotatable bonds is 5. The summed E-state index contributed by atoms with van der Waals surface area (Å²) < 4.78 is 0. The molecule has 4 nitrogen and oxygen atoms in total. The van der Waals surface area contributed by atoms with Crippen molar-refractivity contribution in [3.8, 4) is 10.6 Å². The molecule has 24 heavy (non-hydrogen) atoms. The van der Waals surface area contributed by atoms with E-state index in [9.17, 15) is 9.59 Å². The summed E-state index contributed by atoms with van der Waals surface area (Å²) in [6, 6.07) is 8.08. The lowest BCUT2D eigenvalue weighted by molar-refractivity contribution is -0.107. The van der Waals surface area contributed by atoms with Gasteiger partial charge in [0.05, 0.1) is 0 Å². The Bertz CT molecular complexity index is 726. The molecule has 126 valence electrons. The van der Waals surface area contributed by atoms with E-state index in [-0.39, 0.29) is 5.91 Å². The van der Waals surface area contributed by atoms with Crippen LogP contribution < -0.4 is 0 Å². The van der Waals surface area contributed by atoms with Gasteiger partial charge in [-0.25, -0.2) is 4.98 Å². The highest BCUT2D eigenvalue weighted by molar-refractivity contribution is 7.13. The van der Waals surface area contributed by atoms with Gasteiger partial charge in [0.25, 0.3) is 5.91 Å². The summed E-state index contributed by atoms with van der Waals surface area (Å²) in [5, 5.41) is 2.65. The summed E-state index contributed by atoms with van der Waals surface area (Å²) in [5.41, 5.74) is 2.42. The van der Waals surface area contributed by atoms with Gasteiger partial charge in [0, 0.05) is 30.0 Å². The van der Waals surface area contributed by atoms with Gasteiger partial charge >= 0.3 is 0 Å². The molecule has 0 N–H and O–H groups in total. The Balaban J connectivity index is 1.85. The van der Waals surface area contributed by atoms with Crippen LogP contribution >= 0.6 is 11.3 Å². The highest BCUT2D eigenvalue weighted by atomic mass is 32.1. The molecule has 0 saturated carbocycles. The van der Waals surface area contributed by atoms with Gasteiger partial charge in [-0.15, -0.1) is 11.3 Å². The summed E-state index contributed by atoms with van der Waals surface area (Å²) >= 11 is 1.47. The number of carbonyl (C=O) groups is 2. The molecule has 1 fully saturated rings. The minimum Gasteiger partial charge on any atom is -0.334 e. The molecule has 1 aliphatic rings. The Morgan fingerprint density at radius 3 is 3.00 bits per heavy atom. The van der Waals surface area contributed by atoms with E-state index < -0.39 is 0 Å². The SMILES string of the molecule is CCC1CCCCN1C(=O)c1csc(-c2ccccc2CC=O)n1. The third kappa shape index (κ3) is 3.41. The van der Waals surface area contributed by atoms with Crippen molar-refractivity contribution in [3.63, 3.8) is 0 Å². The molecule has 1 unspecified atom stereocenters. The highest BCUT2D eigenvalue weighted by Gasteiger charge is 2.27. The van der Waals surface area contributed by atoms with Crippen molar-refractivity contribution in [2.24, 2.45) is 0 Å². The first kappa shape index (κ1) is 16.8. The van der Waals surface area contributed by atoms with E-state index in [1.54, 1.807) is 0 Å². The van der Waals surface area contributed by atoms with Crippen molar-refractivity contribution in [1.82, 2.24) is 9.88 Å².